The Kier molecular flexibility index (Phi) is 11.0. The molecule has 1 aromatic carbocycles. The van der Waals surface area contributed by atoms with Crippen molar-refractivity contribution < 1.29 is 27.6 Å². The smallest absolute Gasteiger partial charge is 0.344 e. The van der Waals surface area contributed by atoms with Crippen molar-refractivity contribution in [2.45, 2.75) is 71.1 Å². The number of rotatable bonds is 11. The standard InChI is InChI=1S/C26H31Cl2F3N2O3/c1-15(2)23(24(35)26(29,30)31)33-25(36)20(11-9-17-7-5-4-6-8-17)32-21(34)12-10-18-13-16(3)22(28)19(27)14-18/h4-8,14-16,20,23H,9-13H2,1-3H3,(H,32,34)(H,33,36)/t16?,20-,23-/m0/s1. The van der Waals surface area contributed by atoms with Crippen LogP contribution in [0.25, 0.3) is 0 Å². The molecule has 0 radical (unpaired) electrons. The van der Waals surface area contributed by atoms with E-state index in [9.17, 15) is 27.6 Å². The van der Waals surface area contributed by atoms with Crippen LogP contribution in [0.1, 0.15) is 52.0 Å². The second-order valence-electron chi connectivity index (χ2n) is 9.34. The summed E-state index contributed by atoms with van der Waals surface area (Å²) < 4.78 is 39.2. The number of aryl methyl sites for hydroxylation is 1. The number of Topliss-reactive ketones (excluding diaryl/α,β-unsaturated/α-hetero) is 1. The molecule has 0 aromatic heterocycles. The van der Waals surface area contributed by atoms with Gasteiger partial charge in [0.05, 0.1) is 11.1 Å². The van der Waals surface area contributed by atoms with Gasteiger partial charge in [-0.15, -0.1) is 0 Å². The number of halogens is 5. The normalized spacial score (nSPS) is 17.9. The van der Waals surface area contributed by atoms with Crippen molar-refractivity contribution in [3.8, 4) is 0 Å². The lowest BCUT2D eigenvalue weighted by Crippen LogP contribution is -2.55. The van der Waals surface area contributed by atoms with Crippen LogP contribution in [0, 0.1) is 11.8 Å². The van der Waals surface area contributed by atoms with E-state index in [4.69, 9.17) is 23.2 Å². The van der Waals surface area contributed by atoms with Crippen LogP contribution in [0.3, 0.4) is 0 Å². The van der Waals surface area contributed by atoms with E-state index in [1.807, 2.05) is 37.3 Å². The number of amides is 2. The molecule has 0 fully saturated rings. The first-order chi connectivity index (χ1) is 16.8. The van der Waals surface area contributed by atoms with Gasteiger partial charge in [0.1, 0.15) is 6.04 Å². The molecular formula is C26H31Cl2F3N2O3. The maximum atomic E-state index is 13.1. The Bertz CT molecular complexity index is 1010. The molecule has 1 unspecified atom stereocenters. The summed E-state index contributed by atoms with van der Waals surface area (Å²) in [7, 11) is 0. The van der Waals surface area contributed by atoms with E-state index in [0.29, 0.717) is 29.3 Å². The Morgan fingerprint density at radius 1 is 1.06 bits per heavy atom. The van der Waals surface area contributed by atoms with Gasteiger partial charge < -0.3 is 10.6 Å². The number of alkyl halides is 3. The highest BCUT2D eigenvalue weighted by Crippen LogP contribution is 2.35. The predicted octanol–water partition coefficient (Wildman–Crippen LogP) is 5.81. The van der Waals surface area contributed by atoms with E-state index in [-0.39, 0.29) is 18.8 Å². The zero-order chi connectivity index (χ0) is 27.0. The second kappa shape index (κ2) is 13.3. The van der Waals surface area contributed by atoms with Crippen molar-refractivity contribution in [2.75, 3.05) is 0 Å². The van der Waals surface area contributed by atoms with E-state index >= 15 is 0 Å². The van der Waals surface area contributed by atoms with Crippen LogP contribution in [0.5, 0.6) is 0 Å². The third-order valence-corrected chi connectivity index (χ3v) is 6.96. The second-order valence-corrected chi connectivity index (χ2v) is 10.2. The Balaban J connectivity index is 2.11. The quantitative estimate of drug-likeness (QED) is 0.367. The van der Waals surface area contributed by atoms with Crippen LogP contribution in [0.2, 0.25) is 0 Å². The van der Waals surface area contributed by atoms with E-state index in [0.717, 1.165) is 11.1 Å². The number of allylic oxidation sites excluding steroid dienone is 4. The highest BCUT2D eigenvalue weighted by atomic mass is 35.5. The summed E-state index contributed by atoms with van der Waals surface area (Å²) in [5, 5.41) is 5.85. The van der Waals surface area contributed by atoms with Crippen molar-refractivity contribution in [3.05, 3.63) is 57.6 Å². The first-order valence-electron chi connectivity index (χ1n) is 11.8. The highest BCUT2D eigenvalue weighted by molar-refractivity contribution is 6.40. The monoisotopic (exact) mass is 546 g/mol. The molecular weight excluding hydrogens is 516 g/mol. The molecule has 0 bridgehead atoms. The number of ketones is 1. The lowest BCUT2D eigenvalue weighted by Gasteiger charge is -2.26. The minimum Gasteiger partial charge on any atom is -0.344 e. The number of carbonyl (C=O) groups is 3. The van der Waals surface area contributed by atoms with Gasteiger partial charge in [0.2, 0.25) is 11.8 Å². The fraction of sp³-hybridized carbons (Fsp3) is 0.500. The summed E-state index contributed by atoms with van der Waals surface area (Å²) >= 11 is 12.3. The largest absolute Gasteiger partial charge is 0.452 e. The van der Waals surface area contributed by atoms with Crippen molar-refractivity contribution in [2.24, 2.45) is 11.8 Å². The zero-order valence-corrected chi connectivity index (χ0v) is 21.9. The first-order valence-corrected chi connectivity index (χ1v) is 12.5. The molecule has 0 saturated carbocycles. The number of hydrogen-bond donors (Lipinski definition) is 2. The van der Waals surface area contributed by atoms with E-state index in [1.54, 1.807) is 6.08 Å². The summed E-state index contributed by atoms with van der Waals surface area (Å²) in [4.78, 5) is 37.6. The van der Waals surface area contributed by atoms with Crippen molar-refractivity contribution in [1.82, 2.24) is 10.6 Å². The Labute approximate surface area is 219 Å². The Morgan fingerprint density at radius 2 is 1.69 bits per heavy atom. The summed E-state index contributed by atoms with van der Waals surface area (Å²) in [5.74, 6) is -4.05. The Hall–Kier alpha value is -2.32. The van der Waals surface area contributed by atoms with E-state index in [1.165, 1.54) is 13.8 Å². The Morgan fingerprint density at radius 3 is 2.25 bits per heavy atom. The molecule has 36 heavy (non-hydrogen) atoms. The maximum absolute atomic E-state index is 13.1. The molecule has 198 valence electrons. The van der Waals surface area contributed by atoms with Crippen LogP contribution in [-0.4, -0.2) is 35.9 Å². The average molecular weight is 547 g/mol. The molecule has 0 saturated heterocycles. The van der Waals surface area contributed by atoms with Gasteiger partial charge in [0.15, 0.2) is 0 Å². The van der Waals surface area contributed by atoms with Gasteiger partial charge in [-0.3, -0.25) is 14.4 Å². The summed E-state index contributed by atoms with van der Waals surface area (Å²) in [6, 6.07) is 6.31. The lowest BCUT2D eigenvalue weighted by molar-refractivity contribution is -0.175. The molecule has 10 heteroatoms. The average Bonchev–Trinajstić information content (AvgIpc) is 2.81. The predicted molar refractivity (Wildman–Crippen MR) is 134 cm³/mol. The zero-order valence-electron chi connectivity index (χ0n) is 20.4. The molecule has 0 heterocycles. The van der Waals surface area contributed by atoms with Crippen LogP contribution in [0.15, 0.2) is 52.0 Å². The molecule has 1 aromatic rings. The van der Waals surface area contributed by atoms with Gasteiger partial charge in [0, 0.05) is 11.5 Å². The highest BCUT2D eigenvalue weighted by Gasteiger charge is 2.45. The van der Waals surface area contributed by atoms with E-state index in [2.05, 4.69) is 10.6 Å². The summed E-state index contributed by atoms with van der Waals surface area (Å²) in [6.45, 7) is 4.75. The molecule has 0 spiro atoms. The molecule has 1 aliphatic carbocycles. The number of benzene rings is 1. The van der Waals surface area contributed by atoms with Crippen molar-refractivity contribution in [1.29, 1.82) is 0 Å². The third kappa shape index (κ3) is 8.96. The molecule has 2 amide bonds. The number of hydrogen-bond acceptors (Lipinski definition) is 3. The van der Waals surface area contributed by atoms with Crippen LogP contribution in [0.4, 0.5) is 13.2 Å². The van der Waals surface area contributed by atoms with Crippen LogP contribution in [-0.2, 0) is 20.8 Å². The maximum Gasteiger partial charge on any atom is 0.452 e. The van der Waals surface area contributed by atoms with Crippen molar-refractivity contribution in [3.63, 3.8) is 0 Å². The molecule has 0 aliphatic heterocycles. The molecule has 2 N–H and O–H groups in total. The van der Waals surface area contributed by atoms with Crippen LogP contribution < -0.4 is 10.6 Å². The number of nitrogens with one attached hydrogen (secondary N) is 2. The van der Waals surface area contributed by atoms with Gasteiger partial charge in [-0.25, -0.2) is 0 Å². The first kappa shape index (κ1) is 29.9. The third-order valence-electron chi connectivity index (χ3n) is 5.98. The van der Waals surface area contributed by atoms with E-state index < -0.39 is 41.8 Å². The molecule has 5 nitrogen and oxygen atoms in total. The summed E-state index contributed by atoms with van der Waals surface area (Å²) in [6.07, 6.45) is -1.71. The molecule has 3 atom stereocenters. The number of carbonyl (C=O) groups excluding carboxylic acids is 3. The lowest BCUT2D eigenvalue weighted by atomic mass is 9.92. The van der Waals surface area contributed by atoms with Crippen molar-refractivity contribution >= 4 is 40.8 Å². The van der Waals surface area contributed by atoms with Gasteiger partial charge in [0.25, 0.3) is 5.78 Å². The fourth-order valence-electron chi connectivity index (χ4n) is 3.93. The topological polar surface area (TPSA) is 75.3 Å². The van der Waals surface area contributed by atoms with Gasteiger partial charge in [-0.05, 0) is 49.2 Å². The minimum atomic E-state index is -5.09. The van der Waals surface area contributed by atoms with Gasteiger partial charge in [-0.1, -0.05) is 79.9 Å². The molecule has 1 aliphatic rings. The van der Waals surface area contributed by atoms with Gasteiger partial charge >= 0.3 is 6.18 Å². The summed E-state index contributed by atoms with van der Waals surface area (Å²) in [5.41, 5.74) is 1.84. The van der Waals surface area contributed by atoms with Crippen LogP contribution >= 0.6 is 23.2 Å². The SMILES string of the molecule is CC1CC(CCC(=O)N[C@@H](CCc2ccccc2)C(=O)N[C@H](C(=O)C(F)(F)F)C(C)C)=CC(Cl)=C1Cl. The van der Waals surface area contributed by atoms with Gasteiger partial charge in [-0.2, -0.15) is 13.2 Å². The molecule has 2 rings (SSSR count). The minimum absolute atomic E-state index is 0.0331. The fourth-order valence-corrected chi connectivity index (χ4v) is 4.40.